The Morgan fingerprint density at radius 3 is 1.34 bits per heavy atom. The van der Waals surface area contributed by atoms with E-state index in [4.69, 9.17) is 35.6 Å². The van der Waals surface area contributed by atoms with Gasteiger partial charge in [0, 0.05) is 55.0 Å². The molecule has 4 aromatic carbocycles. The summed E-state index contributed by atoms with van der Waals surface area (Å²) in [6.45, 7) is 19.9. The lowest BCUT2D eigenvalue weighted by Crippen LogP contribution is -2.24. The van der Waals surface area contributed by atoms with Crippen molar-refractivity contribution >= 4 is 49.8 Å². The smallest absolute Gasteiger partial charge is 0.164 e. The molecule has 0 saturated heterocycles. The predicted octanol–water partition coefficient (Wildman–Crippen LogP) is 10.3. The third-order valence-electron chi connectivity index (χ3n) is 10.2. The SMILES string of the molecule is CC(C)(C)c1c(N)cc2c3nc4nc(nc5c6ccccc6c(nc6nc(nc([nH]3)c2c1C(C)(C)C)-c1ccccc1-6)n5C(C)(C)C)-c1ccccc1-4. The molecule has 5 heterocycles. The van der Waals surface area contributed by atoms with Crippen molar-refractivity contribution in [2.24, 2.45) is 0 Å². The first-order valence-corrected chi connectivity index (χ1v) is 18.2. The van der Waals surface area contributed by atoms with Gasteiger partial charge in [-0.25, -0.2) is 29.9 Å². The quantitative estimate of drug-likeness (QED) is 0.151. The van der Waals surface area contributed by atoms with Crippen molar-refractivity contribution in [1.29, 1.82) is 0 Å². The van der Waals surface area contributed by atoms with Gasteiger partial charge >= 0.3 is 0 Å². The fraction of sp³-hybridized carbons (Fsp3) is 0.273. The van der Waals surface area contributed by atoms with Crippen molar-refractivity contribution in [1.82, 2.24) is 39.5 Å². The Morgan fingerprint density at radius 2 is 0.906 bits per heavy atom. The fourth-order valence-corrected chi connectivity index (χ4v) is 8.12. The van der Waals surface area contributed by atoms with Gasteiger partial charge < -0.3 is 15.3 Å². The van der Waals surface area contributed by atoms with Crippen molar-refractivity contribution in [3.8, 4) is 45.6 Å². The van der Waals surface area contributed by atoms with Gasteiger partial charge in [-0.05, 0) is 48.8 Å². The van der Waals surface area contributed by atoms with Crippen LogP contribution in [-0.2, 0) is 16.4 Å². The zero-order valence-electron chi connectivity index (χ0n) is 31.7. The molecule has 0 fully saturated rings. The Morgan fingerprint density at radius 1 is 0.491 bits per heavy atom. The molecule has 2 aliphatic heterocycles. The largest absolute Gasteiger partial charge is 0.398 e. The highest BCUT2D eigenvalue weighted by atomic mass is 15.2. The van der Waals surface area contributed by atoms with Crippen LogP contribution >= 0.6 is 0 Å². The summed E-state index contributed by atoms with van der Waals surface area (Å²) in [5, 5.41) is 3.82. The van der Waals surface area contributed by atoms with Crippen molar-refractivity contribution in [3.05, 3.63) is 90.0 Å². The molecule has 0 aliphatic carbocycles. The Bertz CT molecular complexity index is 2860. The first kappa shape index (κ1) is 32.9. The van der Waals surface area contributed by atoms with E-state index in [2.05, 4.69) is 108 Å². The normalized spacial score (nSPS) is 13.1. The molecule has 7 aromatic rings. The molecule has 9 nitrogen and oxygen atoms in total. The summed E-state index contributed by atoms with van der Waals surface area (Å²) >= 11 is 0. The number of aromatic amines is 1. The third-order valence-corrected chi connectivity index (χ3v) is 10.2. The van der Waals surface area contributed by atoms with E-state index in [9.17, 15) is 0 Å². The minimum atomic E-state index is -0.391. The highest BCUT2D eigenvalue weighted by Crippen LogP contribution is 2.45. The number of rotatable bonds is 0. The number of anilines is 1. The van der Waals surface area contributed by atoms with E-state index in [0.717, 1.165) is 71.9 Å². The van der Waals surface area contributed by atoms with E-state index in [1.54, 1.807) is 0 Å². The number of nitrogen functional groups attached to an aromatic ring is 1. The van der Waals surface area contributed by atoms with Crippen LogP contribution in [0.2, 0.25) is 0 Å². The second kappa shape index (κ2) is 11.0. The van der Waals surface area contributed by atoms with Crippen LogP contribution in [-0.4, -0.2) is 39.5 Å². The third kappa shape index (κ3) is 5.05. The number of hydrogen-bond acceptors (Lipinski definition) is 7. The monoisotopic (exact) mass is 697 g/mol. The van der Waals surface area contributed by atoms with Gasteiger partial charge in [-0.3, -0.25) is 0 Å². The summed E-state index contributed by atoms with van der Waals surface area (Å²) in [4.78, 5) is 35.4. The summed E-state index contributed by atoms with van der Waals surface area (Å²) in [7, 11) is 0. The number of H-pyrrole nitrogens is 1. The van der Waals surface area contributed by atoms with Gasteiger partial charge in [-0.15, -0.1) is 0 Å². The zero-order chi connectivity index (χ0) is 37.2. The van der Waals surface area contributed by atoms with Crippen LogP contribution in [0.5, 0.6) is 0 Å². The maximum Gasteiger partial charge on any atom is 0.164 e. The molecule has 0 radical (unpaired) electrons. The van der Waals surface area contributed by atoms with Gasteiger partial charge in [-0.1, -0.05) is 114 Å². The molecule has 3 aromatic heterocycles. The number of benzene rings is 4. The van der Waals surface area contributed by atoms with Crippen molar-refractivity contribution in [2.75, 3.05) is 5.73 Å². The average molecular weight is 698 g/mol. The minimum absolute atomic E-state index is 0.234. The van der Waals surface area contributed by atoms with Crippen LogP contribution in [0.1, 0.15) is 73.4 Å². The highest BCUT2D eigenvalue weighted by molar-refractivity contribution is 6.10. The molecule has 3 N–H and O–H groups in total. The standard InChI is InChI=1S/C44H43N9/c1-42(2,3)32-30(45)22-29-31(33(32)43(4,5)6)39-49-35-24-17-11-13-19-26(24)37(47-35)52-41-28-21-15-14-20-27(28)40(53(41)44(7,8)9)51-36-25-18-12-10-16-23(25)34(46-36)48-38(29)50-39/h10-22H,45H2,1-9H3,(H,46,47,48,49,50,51,52). The van der Waals surface area contributed by atoms with E-state index >= 15 is 0 Å². The number of nitrogens with zero attached hydrogens (tertiary/aromatic N) is 7. The van der Waals surface area contributed by atoms with Gasteiger partial charge in [0.1, 0.15) is 22.6 Å². The van der Waals surface area contributed by atoms with Crippen LogP contribution < -0.4 is 5.73 Å². The lowest BCUT2D eigenvalue weighted by molar-refractivity contribution is 0.419. The van der Waals surface area contributed by atoms with Crippen molar-refractivity contribution in [2.45, 2.75) is 78.7 Å². The lowest BCUT2D eigenvalue weighted by atomic mass is 9.73. The highest BCUT2D eigenvalue weighted by Gasteiger charge is 2.32. The molecule has 2 aliphatic rings. The van der Waals surface area contributed by atoms with Gasteiger partial charge in [-0.2, -0.15) is 0 Å². The number of aromatic nitrogens is 8. The summed E-state index contributed by atoms with van der Waals surface area (Å²) in [6.07, 6.45) is 0. The average Bonchev–Trinajstić information content (AvgIpc) is 3.81. The molecule has 0 spiro atoms. The Hall–Kier alpha value is -5.96. The van der Waals surface area contributed by atoms with Crippen LogP contribution in [0.4, 0.5) is 5.69 Å². The molecule has 0 atom stereocenters. The minimum Gasteiger partial charge on any atom is -0.398 e. The van der Waals surface area contributed by atoms with Gasteiger partial charge in [0.2, 0.25) is 0 Å². The number of hydrogen-bond donors (Lipinski definition) is 2. The molecule has 9 heteroatoms. The first-order chi connectivity index (χ1) is 25.1. The van der Waals surface area contributed by atoms with Crippen LogP contribution in [0.15, 0.2) is 78.9 Å². The molecule has 8 bridgehead atoms. The van der Waals surface area contributed by atoms with E-state index in [-0.39, 0.29) is 10.8 Å². The van der Waals surface area contributed by atoms with Crippen LogP contribution in [0, 0.1) is 0 Å². The van der Waals surface area contributed by atoms with Crippen molar-refractivity contribution < 1.29 is 0 Å². The number of fused-ring (bicyclic) bond motifs is 20. The van der Waals surface area contributed by atoms with E-state index in [0.29, 0.717) is 34.6 Å². The van der Waals surface area contributed by atoms with Gasteiger partial charge in [0.15, 0.2) is 23.3 Å². The molecule has 0 saturated carbocycles. The summed E-state index contributed by atoms with van der Waals surface area (Å²) in [5.74, 6) is 2.34. The van der Waals surface area contributed by atoms with E-state index in [1.807, 2.05) is 42.5 Å². The second-order valence-corrected chi connectivity index (χ2v) is 17.2. The maximum absolute atomic E-state index is 7.00. The molecule has 9 rings (SSSR count). The van der Waals surface area contributed by atoms with Crippen LogP contribution in [0.25, 0.3) is 89.7 Å². The van der Waals surface area contributed by atoms with E-state index in [1.165, 1.54) is 0 Å². The zero-order valence-corrected chi connectivity index (χ0v) is 31.7. The van der Waals surface area contributed by atoms with E-state index < -0.39 is 5.54 Å². The molecular formula is C44H43N9. The summed E-state index contributed by atoms with van der Waals surface area (Å²) in [5.41, 5.74) is 15.6. The maximum atomic E-state index is 7.00. The van der Waals surface area contributed by atoms with Crippen molar-refractivity contribution in [3.63, 3.8) is 0 Å². The van der Waals surface area contributed by atoms with Gasteiger partial charge in [0.05, 0.1) is 0 Å². The number of nitrogens with two attached hydrogens (primary N) is 1. The number of nitrogens with one attached hydrogen (secondary N) is 1. The molecule has 53 heavy (non-hydrogen) atoms. The fourth-order valence-electron chi connectivity index (χ4n) is 8.12. The molecule has 0 unspecified atom stereocenters. The Kier molecular flexibility index (Phi) is 6.85. The Labute approximate surface area is 308 Å². The second-order valence-electron chi connectivity index (χ2n) is 17.2. The Balaban J connectivity index is 1.57. The summed E-state index contributed by atoms with van der Waals surface area (Å²) in [6, 6.07) is 26.7. The summed E-state index contributed by atoms with van der Waals surface area (Å²) < 4.78 is 2.21. The topological polar surface area (TPSA) is 124 Å². The molecule has 264 valence electrons. The molecule has 0 amide bonds. The molecular weight excluding hydrogens is 655 g/mol. The lowest BCUT2D eigenvalue weighted by Gasteiger charge is -2.32. The predicted molar refractivity (Wildman–Crippen MR) is 217 cm³/mol. The van der Waals surface area contributed by atoms with Gasteiger partial charge in [0.25, 0.3) is 0 Å². The van der Waals surface area contributed by atoms with Crippen LogP contribution in [0.3, 0.4) is 0 Å². The first-order valence-electron chi connectivity index (χ1n) is 18.2.